The fourth-order valence-corrected chi connectivity index (χ4v) is 1.81. The number of hydrogen-bond acceptors (Lipinski definition) is 6. The number of carbonyl (C=O) groups excluding carboxylic acids is 3. The Morgan fingerprint density at radius 1 is 1.32 bits per heavy atom. The molecule has 25 heavy (non-hydrogen) atoms. The van der Waals surface area contributed by atoms with Gasteiger partial charge in [0.2, 0.25) is 5.89 Å². The fraction of sp³-hybridized carbons (Fsp3) is 0.294. The number of benzene rings is 1. The topological polar surface area (TPSA) is 111 Å². The van der Waals surface area contributed by atoms with Crippen molar-refractivity contribution in [2.75, 3.05) is 6.61 Å². The number of rotatable bonds is 6. The summed E-state index contributed by atoms with van der Waals surface area (Å²) in [7, 11) is 0. The number of imide groups is 1. The van der Waals surface area contributed by atoms with E-state index in [1.54, 1.807) is 19.1 Å². The van der Waals surface area contributed by atoms with Gasteiger partial charge in [-0.05, 0) is 25.5 Å². The molecule has 3 amide bonds. The zero-order valence-electron chi connectivity index (χ0n) is 13.9. The SMILES string of the molecule is CC[C@H](C)NC(=O)NC(=O)COC(=O)/C=C/c1nc2ccccc2o1. The van der Waals surface area contributed by atoms with E-state index < -0.39 is 24.5 Å². The van der Waals surface area contributed by atoms with Crippen molar-refractivity contribution < 1.29 is 23.5 Å². The van der Waals surface area contributed by atoms with Gasteiger partial charge in [0.05, 0.1) is 0 Å². The maximum atomic E-state index is 11.6. The number of urea groups is 1. The number of aromatic nitrogens is 1. The van der Waals surface area contributed by atoms with Crippen molar-refractivity contribution in [1.29, 1.82) is 0 Å². The molecule has 0 spiro atoms. The van der Waals surface area contributed by atoms with Crippen molar-refractivity contribution in [3.63, 3.8) is 0 Å². The molecule has 0 radical (unpaired) electrons. The minimum absolute atomic E-state index is 0.0606. The molecule has 2 rings (SSSR count). The van der Waals surface area contributed by atoms with E-state index in [0.717, 1.165) is 12.5 Å². The van der Waals surface area contributed by atoms with E-state index in [1.807, 2.05) is 19.1 Å². The summed E-state index contributed by atoms with van der Waals surface area (Å²) in [5, 5.41) is 4.63. The Labute approximate surface area is 144 Å². The molecule has 2 aromatic rings. The number of fused-ring (bicyclic) bond motifs is 1. The number of amides is 3. The van der Waals surface area contributed by atoms with Crippen LogP contribution in [0.15, 0.2) is 34.8 Å². The van der Waals surface area contributed by atoms with Crippen LogP contribution in [-0.4, -0.2) is 35.5 Å². The van der Waals surface area contributed by atoms with Crippen LogP contribution in [0.1, 0.15) is 26.2 Å². The molecule has 0 aliphatic carbocycles. The second-order valence-electron chi connectivity index (χ2n) is 5.29. The zero-order valence-corrected chi connectivity index (χ0v) is 13.9. The van der Waals surface area contributed by atoms with Crippen LogP contribution in [0.5, 0.6) is 0 Å². The molecule has 0 bridgehead atoms. The van der Waals surface area contributed by atoms with E-state index in [2.05, 4.69) is 15.6 Å². The van der Waals surface area contributed by atoms with Gasteiger partial charge in [-0.3, -0.25) is 10.1 Å². The molecule has 8 heteroatoms. The lowest BCUT2D eigenvalue weighted by molar-refractivity contribution is -0.143. The Balaban J connectivity index is 1.78. The molecule has 1 atom stereocenters. The van der Waals surface area contributed by atoms with Gasteiger partial charge < -0.3 is 14.5 Å². The molecule has 0 aliphatic rings. The van der Waals surface area contributed by atoms with Crippen molar-refractivity contribution in [1.82, 2.24) is 15.6 Å². The van der Waals surface area contributed by atoms with E-state index in [1.165, 1.54) is 6.08 Å². The highest BCUT2D eigenvalue weighted by atomic mass is 16.5. The molecular formula is C17H19N3O5. The average Bonchev–Trinajstić information content (AvgIpc) is 3.00. The molecule has 2 N–H and O–H groups in total. The van der Waals surface area contributed by atoms with Crippen molar-refractivity contribution >= 4 is 35.1 Å². The Morgan fingerprint density at radius 3 is 2.80 bits per heavy atom. The van der Waals surface area contributed by atoms with Gasteiger partial charge in [0.25, 0.3) is 5.91 Å². The average molecular weight is 345 g/mol. The van der Waals surface area contributed by atoms with Crippen molar-refractivity contribution in [3.05, 3.63) is 36.2 Å². The molecule has 1 aromatic carbocycles. The molecule has 0 aliphatic heterocycles. The highest BCUT2D eigenvalue weighted by molar-refractivity contribution is 5.96. The summed E-state index contributed by atoms with van der Waals surface area (Å²) in [6, 6.07) is 6.48. The van der Waals surface area contributed by atoms with Gasteiger partial charge in [-0.2, -0.15) is 0 Å². The summed E-state index contributed by atoms with van der Waals surface area (Å²) in [4.78, 5) is 38.7. The molecule has 132 valence electrons. The molecule has 1 heterocycles. The number of nitrogens with zero attached hydrogens (tertiary/aromatic N) is 1. The van der Waals surface area contributed by atoms with Crippen molar-refractivity contribution in [2.45, 2.75) is 26.3 Å². The zero-order chi connectivity index (χ0) is 18.2. The van der Waals surface area contributed by atoms with Crippen molar-refractivity contribution in [3.8, 4) is 0 Å². The number of para-hydroxylation sites is 2. The third-order valence-electron chi connectivity index (χ3n) is 3.26. The van der Waals surface area contributed by atoms with Gasteiger partial charge in [-0.1, -0.05) is 19.1 Å². The molecule has 0 unspecified atom stereocenters. The summed E-state index contributed by atoms with van der Waals surface area (Å²) in [5.41, 5.74) is 1.27. The lowest BCUT2D eigenvalue weighted by atomic mass is 10.3. The summed E-state index contributed by atoms with van der Waals surface area (Å²) < 4.78 is 10.2. The van der Waals surface area contributed by atoms with Crippen LogP contribution in [0.4, 0.5) is 4.79 Å². The summed E-state index contributed by atoms with van der Waals surface area (Å²) >= 11 is 0. The van der Waals surface area contributed by atoms with Gasteiger partial charge in [0.1, 0.15) is 5.52 Å². The number of ether oxygens (including phenoxy) is 1. The molecule has 1 aromatic heterocycles. The van der Waals surface area contributed by atoms with Gasteiger partial charge in [0.15, 0.2) is 12.2 Å². The number of hydrogen-bond donors (Lipinski definition) is 2. The van der Waals surface area contributed by atoms with Crippen LogP contribution in [0.25, 0.3) is 17.2 Å². The van der Waals surface area contributed by atoms with Gasteiger partial charge in [0, 0.05) is 18.2 Å². The van der Waals surface area contributed by atoms with E-state index in [4.69, 9.17) is 9.15 Å². The predicted molar refractivity (Wildman–Crippen MR) is 90.4 cm³/mol. The van der Waals surface area contributed by atoms with E-state index >= 15 is 0 Å². The number of carbonyl (C=O) groups is 3. The number of nitrogens with one attached hydrogen (secondary N) is 2. The normalized spacial score (nSPS) is 12.1. The Kier molecular flexibility index (Phi) is 6.27. The van der Waals surface area contributed by atoms with Gasteiger partial charge in [-0.15, -0.1) is 0 Å². The number of oxazole rings is 1. The summed E-state index contributed by atoms with van der Waals surface area (Å²) in [6.07, 6.45) is 3.17. The molecule has 8 nitrogen and oxygen atoms in total. The van der Waals surface area contributed by atoms with Crippen LogP contribution >= 0.6 is 0 Å². The fourth-order valence-electron chi connectivity index (χ4n) is 1.81. The van der Waals surface area contributed by atoms with Crippen LogP contribution in [0.3, 0.4) is 0 Å². The second-order valence-corrected chi connectivity index (χ2v) is 5.29. The first-order chi connectivity index (χ1) is 12.0. The largest absolute Gasteiger partial charge is 0.452 e. The van der Waals surface area contributed by atoms with E-state index in [9.17, 15) is 14.4 Å². The van der Waals surface area contributed by atoms with Crippen LogP contribution in [-0.2, 0) is 14.3 Å². The van der Waals surface area contributed by atoms with E-state index in [-0.39, 0.29) is 11.9 Å². The summed E-state index contributed by atoms with van der Waals surface area (Å²) in [6.45, 7) is 3.14. The smallest absolute Gasteiger partial charge is 0.331 e. The first-order valence-electron chi connectivity index (χ1n) is 7.78. The minimum atomic E-state index is -0.750. The summed E-state index contributed by atoms with van der Waals surface area (Å²) in [5.74, 6) is -1.22. The third-order valence-corrected chi connectivity index (χ3v) is 3.26. The Bertz CT molecular complexity index is 763. The third kappa shape index (κ3) is 5.76. The number of esters is 1. The quantitative estimate of drug-likeness (QED) is 0.612. The standard InChI is InChI=1S/C17H19N3O5/c1-3-11(2)18-17(23)20-14(21)10-24-16(22)9-8-15-19-12-6-4-5-7-13(12)25-15/h4-9,11H,3,10H2,1-2H3,(H2,18,20,21,23)/b9-8+/t11-/m0/s1. The maximum absolute atomic E-state index is 11.6. The molecule has 0 saturated carbocycles. The van der Waals surface area contributed by atoms with E-state index in [0.29, 0.717) is 11.1 Å². The first-order valence-corrected chi connectivity index (χ1v) is 7.78. The molecule has 0 saturated heterocycles. The maximum Gasteiger partial charge on any atom is 0.331 e. The predicted octanol–water partition coefficient (Wildman–Crippen LogP) is 2.01. The molecular weight excluding hydrogens is 326 g/mol. The highest BCUT2D eigenvalue weighted by Gasteiger charge is 2.11. The van der Waals surface area contributed by atoms with Crippen molar-refractivity contribution in [2.24, 2.45) is 0 Å². The first kappa shape index (κ1) is 18.2. The monoisotopic (exact) mass is 345 g/mol. The highest BCUT2D eigenvalue weighted by Crippen LogP contribution is 2.15. The van der Waals surface area contributed by atoms with Crippen LogP contribution < -0.4 is 10.6 Å². The van der Waals surface area contributed by atoms with Gasteiger partial charge >= 0.3 is 12.0 Å². The second kappa shape index (κ2) is 8.62. The molecule has 0 fully saturated rings. The Hall–Kier alpha value is -3.16. The van der Waals surface area contributed by atoms with Crippen LogP contribution in [0.2, 0.25) is 0 Å². The lowest BCUT2D eigenvalue weighted by Gasteiger charge is -2.11. The van der Waals surface area contributed by atoms with Crippen LogP contribution in [0, 0.1) is 0 Å². The van der Waals surface area contributed by atoms with Gasteiger partial charge in [-0.25, -0.2) is 14.6 Å². The lowest BCUT2D eigenvalue weighted by Crippen LogP contribution is -2.44. The minimum Gasteiger partial charge on any atom is -0.452 e. The Morgan fingerprint density at radius 2 is 2.08 bits per heavy atom.